The van der Waals surface area contributed by atoms with Crippen molar-refractivity contribution < 1.29 is 4.74 Å². The predicted octanol–water partition coefficient (Wildman–Crippen LogP) is 3.20. The van der Waals surface area contributed by atoms with E-state index in [-0.39, 0.29) is 0 Å². The molecule has 0 aliphatic carbocycles. The maximum Gasteiger partial charge on any atom is 0.128 e. The lowest BCUT2D eigenvalue weighted by Crippen LogP contribution is -1.92. The van der Waals surface area contributed by atoms with Gasteiger partial charge >= 0.3 is 0 Å². The summed E-state index contributed by atoms with van der Waals surface area (Å²) in [6.45, 7) is 4.12. The highest BCUT2D eigenvalue weighted by Crippen LogP contribution is 2.19. The van der Waals surface area contributed by atoms with Crippen molar-refractivity contribution in [3.8, 4) is 5.75 Å². The van der Waals surface area contributed by atoms with Gasteiger partial charge in [-0.1, -0.05) is 36.9 Å². The molecule has 14 heavy (non-hydrogen) atoms. The van der Waals surface area contributed by atoms with Crippen LogP contribution >= 0.6 is 0 Å². The van der Waals surface area contributed by atoms with E-state index < -0.39 is 0 Å². The van der Waals surface area contributed by atoms with Crippen molar-refractivity contribution in [3.63, 3.8) is 0 Å². The number of benzene rings is 2. The SMILES string of the molecule is C=CCOc1[c]cc2ccccc2c1. The van der Waals surface area contributed by atoms with Crippen LogP contribution in [0.5, 0.6) is 5.75 Å². The van der Waals surface area contributed by atoms with Crippen LogP contribution < -0.4 is 4.74 Å². The molecule has 1 heteroatoms. The summed E-state index contributed by atoms with van der Waals surface area (Å²) in [7, 11) is 0. The molecule has 0 fully saturated rings. The number of fused-ring (bicyclic) bond motifs is 1. The summed E-state index contributed by atoms with van der Waals surface area (Å²) >= 11 is 0. The Labute approximate surface area is 83.6 Å². The first kappa shape index (κ1) is 8.82. The summed E-state index contributed by atoms with van der Waals surface area (Å²) in [6, 6.07) is 15.1. The van der Waals surface area contributed by atoms with Gasteiger partial charge in [0.1, 0.15) is 12.4 Å². The highest BCUT2D eigenvalue weighted by Gasteiger charge is 1.95. The molecule has 69 valence electrons. The lowest BCUT2D eigenvalue weighted by molar-refractivity contribution is 0.363. The summed E-state index contributed by atoms with van der Waals surface area (Å²) in [5.74, 6) is 0.767. The van der Waals surface area contributed by atoms with Crippen molar-refractivity contribution in [2.45, 2.75) is 0 Å². The molecule has 0 saturated carbocycles. The van der Waals surface area contributed by atoms with Gasteiger partial charge in [-0.2, -0.15) is 0 Å². The van der Waals surface area contributed by atoms with Crippen LogP contribution in [0.1, 0.15) is 0 Å². The Morgan fingerprint density at radius 3 is 2.86 bits per heavy atom. The van der Waals surface area contributed by atoms with Crippen LogP contribution in [-0.4, -0.2) is 6.61 Å². The van der Waals surface area contributed by atoms with E-state index in [2.05, 4.69) is 24.8 Å². The van der Waals surface area contributed by atoms with Gasteiger partial charge in [-0.3, -0.25) is 0 Å². The fourth-order valence-electron chi connectivity index (χ4n) is 1.34. The molecule has 0 amide bonds. The smallest absolute Gasteiger partial charge is 0.128 e. The Hall–Kier alpha value is -1.76. The standard InChI is InChI=1S/C13H11O/c1-2-9-14-13-8-7-11-5-3-4-6-12(11)10-13/h2-7,10H,1,9H2. The first-order valence-corrected chi connectivity index (χ1v) is 4.54. The zero-order valence-electron chi connectivity index (χ0n) is 7.86. The number of rotatable bonds is 3. The van der Waals surface area contributed by atoms with Crippen molar-refractivity contribution >= 4 is 10.8 Å². The van der Waals surface area contributed by atoms with Crippen molar-refractivity contribution in [1.29, 1.82) is 0 Å². The van der Waals surface area contributed by atoms with Crippen molar-refractivity contribution in [1.82, 2.24) is 0 Å². The third-order valence-corrected chi connectivity index (χ3v) is 2.01. The molecule has 1 radical (unpaired) electrons. The Morgan fingerprint density at radius 1 is 1.29 bits per heavy atom. The third-order valence-electron chi connectivity index (χ3n) is 2.01. The molecular weight excluding hydrogens is 172 g/mol. The number of hydrogen-bond donors (Lipinski definition) is 0. The molecular formula is C13H11O. The van der Waals surface area contributed by atoms with E-state index in [1.807, 2.05) is 24.3 Å². The van der Waals surface area contributed by atoms with Gasteiger partial charge in [0, 0.05) is 6.07 Å². The predicted molar refractivity (Wildman–Crippen MR) is 58.5 cm³/mol. The maximum absolute atomic E-state index is 5.39. The highest BCUT2D eigenvalue weighted by atomic mass is 16.5. The van der Waals surface area contributed by atoms with Gasteiger partial charge in [0.15, 0.2) is 0 Å². The zero-order chi connectivity index (χ0) is 9.80. The van der Waals surface area contributed by atoms with Gasteiger partial charge in [0.2, 0.25) is 0 Å². The fraction of sp³-hybridized carbons (Fsp3) is 0.0769. The maximum atomic E-state index is 5.39. The van der Waals surface area contributed by atoms with Crippen molar-refractivity contribution in [3.05, 3.63) is 55.1 Å². The summed E-state index contributed by atoms with van der Waals surface area (Å²) < 4.78 is 5.39. The zero-order valence-corrected chi connectivity index (χ0v) is 7.86. The van der Waals surface area contributed by atoms with Crippen LogP contribution in [0.25, 0.3) is 10.8 Å². The first-order chi connectivity index (χ1) is 6.90. The lowest BCUT2D eigenvalue weighted by Gasteiger charge is -2.03. The Kier molecular flexibility index (Phi) is 2.50. The molecule has 0 spiro atoms. The quantitative estimate of drug-likeness (QED) is 0.664. The lowest BCUT2D eigenvalue weighted by atomic mass is 10.1. The third kappa shape index (κ3) is 1.77. The topological polar surface area (TPSA) is 9.23 Å². The molecule has 0 unspecified atom stereocenters. The summed E-state index contributed by atoms with van der Waals surface area (Å²) in [5, 5.41) is 2.35. The molecule has 0 aliphatic heterocycles. The minimum absolute atomic E-state index is 0.523. The first-order valence-electron chi connectivity index (χ1n) is 4.54. The van der Waals surface area contributed by atoms with Gasteiger partial charge in [0.25, 0.3) is 0 Å². The molecule has 2 rings (SSSR count). The van der Waals surface area contributed by atoms with Crippen molar-refractivity contribution in [2.24, 2.45) is 0 Å². The second-order valence-corrected chi connectivity index (χ2v) is 3.03. The molecule has 0 heterocycles. The Balaban J connectivity index is 2.36. The Morgan fingerprint density at radius 2 is 2.07 bits per heavy atom. The largest absolute Gasteiger partial charge is 0.489 e. The molecule has 0 aromatic heterocycles. The molecule has 0 aliphatic rings. The molecule has 0 saturated heterocycles. The van der Waals surface area contributed by atoms with Crippen LogP contribution in [0.4, 0.5) is 0 Å². The van der Waals surface area contributed by atoms with E-state index in [4.69, 9.17) is 4.74 Å². The summed E-state index contributed by atoms with van der Waals surface area (Å²) in [6.07, 6.45) is 1.73. The van der Waals surface area contributed by atoms with Crippen molar-refractivity contribution in [2.75, 3.05) is 6.61 Å². The van der Waals surface area contributed by atoms with E-state index in [0.717, 1.165) is 5.75 Å². The van der Waals surface area contributed by atoms with Crippen LogP contribution in [0.15, 0.2) is 49.1 Å². The second-order valence-electron chi connectivity index (χ2n) is 3.03. The average Bonchev–Trinajstić information content (AvgIpc) is 2.26. The van der Waals surface area contributed by atoms with E-state index in [9.17, 15) is 0 Å². The minimum atomic E-state index is 0.523. The fourth-order valence-corrected chi connectivity index (χ4v) is 1.34. The molecule has 2 aromatic rings. The average molecular weight is 183 g/mol. The van der Waals surface area contributed by atoms with Gasteiger partial charge in [-0.15, -0.1) is 0 Å². The van der Waals surface area contributed by atoms with Crippen LogP contribution in [0, 0.1) is 6.07 Å². The van der Waals surface area contributed by atoms with E-state index in [1.54, 1.807) is 6.08 Å². The number of hydrogen-bond acceptors (Lipinski definition) is 1. The van der Waals surface area contributed by atoms with Gasteiger partial charge in [-0.25, -0.2) is 0 Å². The minimum Gasteiger partial charge on any atom is -0.489 e. The molecule has 0 N–H and O–H groups in total. The van der Waals surface area contributed by atoms with E-state index in [1.165, 1.54) is 10.8 Å². The monoisotopic (exact) mass is 183 g/mol. The highest BCUT2D eigenvalue weighted by molar-refractivity contribution is 5.83. The summed E-state index contributed by atoms with van der Waals surface area (Å²) in [4.78, 5) is 0. The van der Waals surface area contributed by atoms with Crippen LogP contribution in [0.3, 0.4) is 0 Å². The molecule has 1 nitrogen and oxygen atoms in total. The Bertz CT molecular complexity index is 446. The van der Waals surface area contributed by atoms with E-state index >= 15 is 0 Å². The molecule has 0 bridgehead atoms. The van der Waals surface area contributed by atoms with Crippen LogP contribution in [-0.2, 0) is 0 Å². The molecule has 2 aromatic carbocycles. The summed E-state index contributed by atoms with van der Waals surface area (Å²) in [5.41, 5.74) is 0. The normalized spacial score (nSPS) is 10.0. The number of ether oxygens (including phenoxy) is 1. The molecule has 0 atom stereocenters. The van der Waals surface area contributed by atoms with E-state index in [0.29, 0.717) is 6.61 Å². The van der Waals surface area contributed by atoms with Gasteiger partial charge in [-0.05, 0) is 22.9 Å². The second kappa shape index (κ2) is 3.97. The van der Waals surface area contributed by atoms with Crippen LogP contribution in [0.2, 0.25) is 0 Å². The van der Waals surface area contributed by atoms with Gasteiger partial charge < -0.3 is 4.74 Å². The van der Waals surface area contributed by atoms with Gasteiger partial charge in [0.05, 0.1) is 0 Å².